The molecule has 18 heavy (non-hydrogen) atoms. The quantitative estimate of drug-likeness (QED) is 0.613. The van der Waals surface area contributed by atoms with Gasteiger partial charge in [-0.25, -0.2) is 21.9 Å². The van der Waals surface area contributed by atoms with E-state index in [1.54, 1.807) is 0 Å². The maximum Gasteiger partial charge on any atom is 0.243 e. The van der Waals surface area contributed by atoms with Crippen LogP contribution in [0.25, 0.3) is 0 Å². The summed E-state index contributed by atoms with van der Waals surface area (Å²) in [7, 11) is -4.00. The third-order valence-corrected chi connectivity index (χ3v) is 3.59. The lowest BCUT2D eigenvalue weighted by Crippen LogP contribution is -2.28. The fourth-order valence-corrected chi connectivity index (χ4v) is 2.36. The van der Waals surface area contributed by atoms with Crippen molar-refractivity contribution >= 4 is 21.6 Å². The molecule has 1 rings (SSSR count). The molecule has 0 aliphatic rings. The fourth-order valence-electron chi connectivity index (χ4n) is 1.18. The van der Waals surface area contributed by atoms with Gasteiger partial charge in [0.15, 0.2) is 0 Å². The Kier molecular flexibility index (Phi) is 5.94. The van der Waals surface area contributed by atoms with Crippen molar-refractivity contribution in [1.29, 1.82) is 0 Å². The van der Waals surface area contributed by atoms with Crippen LogP contribution in [0, 0.1) is 11.6 Å². The van der Waals surface area contributed by atoms with Gasteiger partial charge in [0.1, 0.15) is 16.5 Å². The third kappa shape index (κ3) is 4.49. The van der Waals surface area contributed by atoms with E-state index in [1.165, 1.54) is 0 Å². The first-order valence-electron chi connectivity index (χ1n) is 5.06. The van der Waals surface area contributed by atoms with Gasteiger partial charge in [-0.1, -0.05) is 0 Å². The number of rotatable bonds is 7. The molecule has 1 N–H and O–H groups in total. The van der Waals surface area contributed by atoms with E-state index in [0.29, 0.717) is 18.6 Å². The van der Waals surface area contributed by atoms with Gasteiger partial charge in [0.25, 0.3) is 0 Å². The molecular formula is C10H12ClF2NO3S. The predicted octanol–water partition coefficient (Wildman–Crippen LogP) is 1.50. The highest BCUT2D eigenvalue weighted by Crippen LogP contribution is 2.14. The summed E-state index contributed by atoms with van der Waals surface area (Å²) in [5.41, 5.74) is 0. The third-order valence-electron chi connectivity index (χ3n) is 1.94. The maximum atomic E-state index is 13.3. The molecule has 0 radical (unpaired) electrons. The average molecular weight is 300 g/mol. The molecule has 0 unspecified atom stereocenters. The molecule has 102 valence electrons. The van der Waals surface area contributed by atoms with Gasteiger partial charge in [-0.15, -0.1) is 11.6 Å². The second-order valence-corrected chi connectivity index (χ2v) is 5.39. The first-order chi connectivity index (χ1) is 8.47. The van der Waals surface area contributed by atoms with Gasteiger partial charge in [0, 0.05) is 18.5 Å². The molecule has 0 heterocycles. The Bertz CT molecular complexity index is 496. The number of hydrogen-bond acceptors (Lipinski definition) is 3. The number of ether oxygens (including phenoxy) is 1. The van der Waals surface area contributed by atoms with Crippen molar-refractivity contribution in [2.45, 2.75) is 4.90 Å². The average Bonchev–Trinajstić information content (AvgIpc) is 2.28. The van der Waals surface area contributed by atoms with Crippen LogP contribution in [0.15, 0.2) is 23.1 Å². The normalized spacial score (nSPS) is 11.7. The first-order valence-corrected chi connectivity index (χ1v) is 7.07. The number of alkyl halides is 1. The molecule has 0 aliphatic carbocycles. The van der Waals surface area contributed by atoms with Crippen LogP contribution in [0.5, 0.6) is 0 Å². The van der Waals surface area contributed by atoms with Gasteiger partial charge in [-0.3, -0.25) is 0 Å². The Morgan fingerprint density at radius 3 is 2.61 bits per heavy atom. The van der Waals surface area contributed by atoms with Crippen molar-refractivity contribution in [3.63, 3.8) is 0 Å². The van der Waals surface area contributed by atoms with E-state index in [1.807, 2.05) is 0 Å². The van der Waals surface area contributed by atoms with Crippen molar-refractivity contribution in [2.24, 2.45) is 0 Å². The highest BCUT2D eigenvalue weighted by molar-refractivity contribution is 7.89. The van der Waals surface area contributed by atoms with Gasteiger partial charge in [-0.2, -0.15) is 0 Å². The van der Waals surface area contributed by atoms with Crippen LogP contribution in [0.2, 0.25) is 0 Å². The van der Waals surface area contributed by atoms with Gasteiger partial charge in [0.05, 0.1) is 13.2 Å². The second kappa shape index (κ2) is 6.98. The zero-order valence-electron chi connectivity index (χ0n) is 9.33. The Hall–Kier alpha value is -0.760. The lowest BCUT2D eigenvalue weighted by Gasteiger charge is -2.07. The molecule has 8 heteroatoms. The zero-order chi connectivity index (χ0) is 13.6. The smallest absolute Gasteiger partial charge is 0.243 e. The van der Waals surface area contributed by atoms with Crippen LogP contribution in [-0.4, -0.2) is 34.1 Å². The molecule has 1 aromatic rings. The monoisotopic (exact) mass is 299 g/mol. The van der Waals surface area contributed by atoms with E-state index < -0.39 is 26.6 Å². The summed E-state index contributed by atoms with van der Waals surface area (Å²) >= 11 is 5.35. The molecule has 4 nitrogen and oxygen atoms in total. The summed E-state index contributed by atoms with van der Waals surface area (Å²) in [6, 6.07) is 2.26. The summed E-state index contributed by atoms with van der Waals surface area (Å²) in [5.74, 6) is -1.67. The predicted molar refractivity (Wildman–Crippen MR) is 63.1 cm³/mol. The minimum absolute atomic E-state index is 0.0178. The van der Waals surface area contributed by atoms with Crippen LogP contribution in [-0.2, 0) is 14.8 Å². The SMILES string of the molecule is O=S(=O)(NCCOCCCl)c1ccc(F)cc1F. The van der Waals surface area contributed by atoms with Crippen LogP contribution in [0.3, 0.4) is 0 Å². The minimum atomic E-state index is -4.00. The molecule has 0 atom stereocenters. The Morgan fingerprint density at radius 2 is 2.00 bits per heavy atom. The fraction of sp³-hybridized carbons (Fsp3) is 0.400. The second-order valence-electron chi connectivity index (χ2n) is 3.27. The van der Waals surface area contributed by atoms with Crippen molar-refractivity contribution < 1.29 is 21.9 Å². The standard InChI is InChI=1S/C10H12ClF2NO3S/c11-3-5-17-6-4-14-18(15,16)10-2-1-8(12)7-9(10)13/h1-2,7,14H,3-6H2. The molecular weight excluding hydrogens is 288 g/mol. The van der Waals surface area contributed by atoms with Crippen molar-refractivity contribution in [3.05, 3.63) is 29.8 Å². The van der Waals surface area contributed by atoms with Crippen molar-refractivity contribution in [2.75, 3.05) is 25.6 Å². The van der Waals surface area contributed by atoms with Crippen molar-refractivity contribution in [1.82, 2.24) is 4.72 Å². The molecule has 0 aromatic heterocycles. The lowest BCUT2D eigenvalue weighted by atomic mass is 10.3. The van der Waals surface area contributed by atoms with Gasteiger partial charge < -0.3 is 4.74 Å². The topological polar surface area (TPSA) is 55.4 Å². The van der Waals surface area contributed by atoms with Crippen LogP contribution < -0.4 is 4.72 Å². The summed E-state index contributed by atoms with van der Waals surface area (Å²) < 4.78 is 56.3. The Morgan fingerprint density at radius 1 is 1.28 bits per heavy atom. The minimum Gasteiger partial charge on any atom is -0.379 e. The molecule has 0 amide bonds. The molecule has 0 fully saturated rings. The van der Waals surface area contributed by atoms with E-state index >= 15 is 0 Å². The van der Waals surface area contributed by atoms with Crippen LogP contribution in [0.4, 0.5) is 8.78 Å². The molecule has 1 aromatic carbocycles. The number of hydrogen-bond donors (Lipinski definition) is 1. The summed E-state index contributed by atoms with van der Waals surface area (Å²) in [4.78, 5) is -0.596. The van der Waals surface area contributed by atoms with Gasteiger partial charge in [-0.05, 0) is 12.1 Å². The number of halogens is 3. The number of nitrogens with one attached hydrogen (secondary N) is 1. The number of sulfonamides is 1. The zero-order valence-corrected chi connectivity index (χ0v) is 10.9. The van der Waals surface area contributed by atoms with E-state index in [4.69, 9.17) is 16.3 Å². The Balaban J connectivity index is 2.63. The highest BCUT2D eigenvalue weighted by atomic mass is 35.5. The van der Waals surface area contributed by atoms with Crippen LogP contribution in [0.1, 0.15) is 0 Å². The largest absolute Gasteiger partial charge is 0.379 e. The summed E-state index contributed by atoms with van der Waals surface area (Å²) in [5, 5.41) is 0. The molecule has 0 aliphatic heterocycles. The van der Waals surface area contributed by atoms with E-state index in [9.17, 15) is 17.2 Å². The van der Waals surface area contributed by atoms with Gasteiger partial charge in [0.2, 0.25) is 10.0 Å². The molecule has 0 saturated carbocycles. The molecule has 0 spiro atoms. The number of benzene rings is 1. The summed E-state index contributed by atoms with van der Waals surface area (Å²) in [6.45, 7) is 0.402. The van der Waals surface area contributed by atoms with E-state index in [-0.39, 0.29) is 13.2 Å². The lowest BCUT2D eigenvalue weighted by molar-refractivity contribution is 0.155. The first kappa shape index (κ1) is 15.3. The van der Waals surface area contributed by atoms with Crippen LogP contribution >= 0.6 is 11.6 Å². The van der Waals surface area contributed by atoms with E-state index in [0.717, 1.165) is 12.1 Å². The van der Waals surface area contributed by atoms with E-state index in [2.05, 4.69) is 4.72 Å². The highest BCUT2D eigenvalue weighted by Gasteiger charge is 2.18. The van der Waals surface area contributed by atoms with Crippen molar-refractivity contribution in [3.8, 4) is 0 Å². The maximum absolute atomic E-state index is 13.3. The van der Waals surface area contributed by atoms with Gasteiger partial charge >= 0.3 is 0 Å². The Labute approximate surface area is 109 Å². The molecule has 0 saturated heterocycles. The summed E-state index contributed by atoms with van der Waals surface area (Å²) in [6.07, 6.45) is 0. The molecule has 0 bridgehead atoms.